The fourth-order valence-corrected chi connectivity index (χ4v) is 3.37. The van der Waals surface area contributed by atoms with Crippen LogP contribution in [0, 0.1) is 6.92 Å². The van der Waals surface area contributed by atoms with Crippen LogP contribution in [0.1, 0.15) is 52.6 Å². The van der Waals surface area contributed by atoms with Crippen molar-refractivity contribution in [3.8, 4) is 5.75 Å². The van der Waals surface area contributed by atoms with Crippen molar-refractivity contribution < 1.29 is 22.7 Å². The average molecular weight is 386 g/mol. The van der Waals surface area contributed by atoms with Crippen LogP contribution in [0.2, 0.25) is 0 Å². The molecule has 0 aliphatic carbocycles. The zero-order valence-corrected chi connectivity index (χ0v) is 15.7. The van der Waals surface area contributed by atoms with Crippen molar-refractivity contribution in [2.45, 2.75) is 46.2 Å². The Kier molecular flexibility index (Phi) is 6.63. The number of hydrogen-bond acceptors (Lipinski definition) is 4. The highest BCUT2D eigenvalue weighted by Gasteiger charge is 2.31. The number of nitrogens with one attached hydrogen (secondary N) is 1. The normalized spacial score (nSPS) is 11.5. The van der Waals surface area contributed by atoms with Gasteiger partial charge in [-0.15, -0.1) is 11.3 Å². The van der Waals surface area contributed by atoms with Crippen LogP contribution in [-0.2, 0) is 12.6 Å². The first-order chi connectivity index (χ1) is 12.3. The van der Waals surface area contributed by atoms with Gasteiger partial charge in [0.25, 0.3) is 5.91 Å². The molecule has 2 aromatic rings. The van der Waals surface area contributed by atoms with Crippen LogP contribution >= 0.6 is 11.3 Å². The van der Waals surface area contributed by atoms with E-state index in [0.29, 0.717) is 23.6 Å². The molecule has 0 spiro atoms. The molecule has 1 aromatic heterocycles. The third kappa shape index (κ3) is 4.97. The molecule has 142 valence electrons. The number of anilines is 1. The molecular formula is C18H21F3N2O2S. The third-order valence-corrected chi connectivity index (χ3v) is 4.74. The molecule has 0 unspecified atom stereocenters. The smallest absolute Gasteiger partial charge is 0.416 e. The summed E-state index contributed by atoms with van der Waals surface area (Å²) in [4.78, 5) is 17.3. The molecule has 4 nitrogen and oxygen atoms in total. The van der Waals surface area contributed by atoms with Crippen LogP contribution in [0.25, 0.3) is 0 Å². The predicted molar refractivity (Wildman–Crippen MR) is 96.0 cm³/mol. The first kappa shape index (κ1) is 20.2. The van der Waals surface area contributed by atoms with Gasteiger partial charge in [0, 0.05) is 0 Å². The zero-order valence-electron chi connectivity index (χ0n) is 14.9. The molecule has 1 heterocycles. The number of rotatable bonds is 7. The lowest BCUT2D eigenvalue weighted by molar-refractivity contribution is -0.137. The van der Waals surface area contributed by atoms with E-state index in [4.69, 9.17) is 4.74 Å². The maximum atomic E-state index is 13.0. The largest absolute Gasteiger partial charge is 0.491 e. The SMILES string of the molecule is CCCOc1ccc(C(F)(F)F)cc1NC(=O)c1sc(CCC)nc1C. The average Bonchev–Trinajstić information content (AvgIpc) is 2.93. The maximum absolute atomic E-state index is 13.0. The first-order valence-electron chi connectivity index (χ1n) is 8.38. The van der Waals surface area contributed by atoms with E-state index < -0.39 is 17.6 Å². The number of amides is 1. The fourth-order valence-electron chi connectivity index (χ4n) is 2.30. The number of alkyl halides is 3. The van der Waals surface area contributed by atoms with Crippen molar-refractivity contribution in [3.63, 3.8) is 0 Å². The maximum Gasteiger partial charge on any atom is 0.416 e. The van der Waals surface area contributed by atoms with Gasteiger partial charge in [-0.2, -0.15) is 13.2 Å². The topological polar surface area (TPSA) is 51.2 Å². The van der Waals surface area contributed by atoms with Gasteiger partial charge in [-0.3, -0.25) is 4.79 Å². The van der Waals surface area contributed by atoms with Gasteiger partial charge in [0.05, 0.1) is 28.6 Å². The summed E-state index contributed by atoms with van der Waals surface area (Å²) < 4.78 is 44.5. The van der Waals surface area contributed by atoms with Crippen LogP contribution in [0.4, 0.5) is 18.9 Å². The molecule has 0 fully saturated rings. The number of carbonyl (C=O) groups excluding carboxylic acids is 1. The van der Waals surface area contributed by atoms with Gasteiger partial charge in [0.1, 0.15) is 10.6 Å². The Balaban J connectivity index is 2.31. The monoisotopic (exact) mass is 386 g/mol. The number of nitrogens with zero attached hydrogens (tertiary/aromatic N) is 1. The third-order valence-electron chi connectivity index (χ3n) is 3.53. The Morgan fingerprint density at radius 3 is 2.62 bits per heavy atom. The first-order valence-corrected chi connectivity index (χ1v) is 9.19. The van der Waals surface area contributed by atoms with Gasteiger partial charge < -0.3 is 10.1 Å². The van der Waals surface area contributed by atoms with E-state index >= 15 is 0 Å². The van der Waals surface area contributed by atoms with Crippen LogP contribution in [-0.4, -0.2) is 17.5 Å². The zero-order chi connectivity index (χ0) is 19.3. The summed E-state index contributed by atoms with van der Waals surface area (Å²) in [5.41, 5.74) is -0.272. The molecule has 0 saturated carbocycles. The van der Waals surface area contributed by atoms with Crippen LogP contribution < -0.4 is 10.1 Å². The number of carbonyl (C=O) groups is 1. The second-order valence-electron chi connectivity index (χ2n) is 5.78. The number of thiazole rings is 1. The Morgan fingerprint density at radius 2 is 2.00 bits per heavy atom. The van der Waals surface area contributed by atoms with Crippen molar-refractivity contribution in [2.24, 2.45) is 0 Å². The van der Waals surface area contributed by atoms with Gasteiger partial charge in [-0.25, -0.2) is 4.98 Å². The summed E-state index contributed by atoms with van der Waals surface area (Å²) in [6.45, 7) is 5.95. The fraction of sp³-hybridized carbons (Fsp3) is 0.444. The molecule has 0 bridgehead atoms. The lowest BCUT2D eigenvalue weighted by Gasteiger charge is -2.15. The van der Waals surface area contributed by atoms with E-state index in [1.54, 1.807) is 6.92 Å². The van der Waals surface area contributed by atoms with Crippen LogP contribution in [0.15, 0.2) is 18.2 Å². The van der Waals surface area contributed by atoms with E-state index in [-0.39, 0.29) is 11.4 Å². The van der Waals surface area contributed by atoms with E-state index in [9.17, 15) is 18.0 Å². The number of ether oxygens (including phenoxy) is 1. The molecule has 0 aliphatic rings. The molecule has 1 amide bonds. The van der Waals surface area contributed by atoms with Crippen molar-refractivity contribution in [3.05, 3.63) is 39.3 Å². The molecule has 0 radical (unpaired) electrons. The number of halogens is 3. The minimum atomic E-state index is -4.50. The second-order valence-corrected chi connectivity index (χ2v) is 6.87. The lowest BCUT2D eigenvalue weighted by Crippen LogP contribution is -2.14. The lowest BCUT2D eigenvalue weighted by atomic mass is 10.1. The summed E-state index contributed by atoms with van der Waals surface area (Å²) in [7, 11) is 0. The minimum absolute atomic E-state index is 0.00289. The summed E-state index contributed by atoms with van der Waals surface area (Å²) in [5, 5.41) is 3.39. The van der Waals surface area contributed by atoms with Gasteiger partial charge in [-0.1, -0.05) is 13.8 Å². The molecular weight excluding hydrogens is 365 g/mol. The molecule has 26 heavy (non-hydrogen) atoms. The predicted octanol–water partition coefficient (Wildman–Crippen LogP) is 5.46. The van der Waals surface area contributed by atoms with E-state index in [2.05, 4.69) is 10.3 Å². The van der Waals surface area contributed by atoms with Crippen LogP contribution in [0.3, 0.4) is 0 Å². The Bertz CT molecular complexity index is 772. The molecule has 1 aromatic carbocycles. The van der Waals surface area contributed by atoms with Crippen LogP contribution in [0.5, 0.6) is 5.75 Å². The molecule has 1 N–H and O–H groups in total. The highest BCUT2D eigenvalue weighted by Crippen LogP contribution is 2.35. The van der Waals surface area contributed by atoms with E-state index in [0.717, 1.165) is 30.0 Å². The van der Waals surface area contributed by atoms with Crippen molar-refractivity contribution in [1.29, 1.82) is 0 Å². The quantitative estimate of drug-likeness (QED) is 0.687. The summed E-state index contributed by atoms with van der Waals surface area (Å²) in [6, 6.07) is 3.07. The van der Waals surface area contributed by atoms with Gasteiger partial charge in [-0.05, 0) is 44.4 Å². The standard InChI is InChI=1S/C18H21F3N2O2S/c1-4-6-15-22-11(3)16(26-15)17(24)23-13-10-12(18(19,20)21)7-8-14(13)25-9-5-2/h7-8,10H,4-6,9H2,1-3H3,(H,23,24). The van der Waals surface area contributed by atoms with Crippen molar-refractivity contribution in [1.82, 2.24) is 4.98 Å². The molecule has 8 heteroatoms. The van der Waals surface area contributed by atoms with Crippen molar-refractivity contribution in [2.75, 3.05) is 11.9 Å². The number of benzene rings is 1. The Hall–Kier alpha value is -2.09. The van der Waals surface area contributed by atoms with Gasteiger partial charge in [0.2, 0.25) is 0 Å². The highest BCUT2D eigenvalue weighted by molar-refractivity contribution is 7.13. The molecule has 0 aliphatic heterocycles. The van der Waals surface area contributed by atoms with Crippen molar-refractivity contribution >= 4 is 22.9 Å². The highest BCUT2D eigenvalue weighted by atomic mass is 32.1. The summed E-state index contributed by atoms with van der Waals surface area (Å²) in [6.07, 6.45) is -2.15. The van der Waals surface area contributed by atoms with E-state index in [1.807, 2.05) is 13.8 Å². The summed E-state index contributed by atoms with van der Waals surface area (Å²) in [5.74, 6) is -0.271. The second kappa shape index (κ2) is 8.53. The molecule has 0 atom stereocenters. The van der Waals surface area contributed by atoms with E-state index in [1.165, 1.54) is 17.4 Å². The Morgan fingerprint density at radius 1 is 1.27 bits per heavy atom. The minimum Gasteiger partial charge on any atom is -0.491 e. The molecule has 2 rings (SSSR count). The number of hydrogen-bond donors (Lipinski definition) is 1. The summed E-state index contributed by atoms with van der Waals surface area (Å²) >= 11 is 1.26. The molecule has 0 saturated heterocycles. The van der Waals surface area contributed by atoms with Gasteiger partial charge in [0.15, 0.2) is 0 Å². The Labute approximate surface area is 154 Å². The van der Waals surface area contributed by atoms with Gasteiger partial charge >= 0.3 is 6.18 Å². The number of aromatic nitrogens is 1. The number of aryl methyl sites for hydroxylation is 2.